The van der Waals surface area contributed by atoms with Crippen molar-refractivity contribution in [2.75, 3.05) is 22.5 Å². The Kier molecular flexibility index (Phi) is 5.47. The summed E-state index contributed by atoms with van der Waals surface area (Å²) in [5, 5.41) is 14.9. The number of rotatable bonds is 4. The molecule has 0 atom stereocenters. The molecular formula is C24H25N7. The number of nitrogens with zero attached hydrogens (tertiary/aromatic N) is 4. The van der Waals surface area contributed by atoms with E-state index in [0.717, 1.165) is 61.1 Å². The molecule has 3 N–H and O–H groups in total. The number of nitrogens with one attached hydrogen (secondary N) is 3. The van der Waals surface area contributed by atoms with Gasteiger partial charge in [0.1, 0.15) is 5.82 Å². The van der Waals surface area contributed by atoms with Gasteiger partial charge in [0.05, 0.1) is 5.70 Å². The number of hydrogen-bond acceptors (Lipinski definition) is 6. The third-order valence-electron chi connectivity index (χ3n) is 5.30. The van der Waals surface area contributed by atoms with Crippen LogP contribution in [-0.2, 0) is 0 Å². The van der Waals surface area contributed by atoms with Gasteiger partial charge in [-0.15, -0.1) is 5.10 Å². The Bertz CT molecular complexity index is 1130. The topological polar surface area (TPSA) is 79.2 Å². The van der Waals surface area contributed by atoms with Gasteiger partial charge in [-0.25, -0.2) is 4.99 Å². The van der Waals surface area contributed by atoms with E-state index in [0.29, 0.717) is 5.95 Å². The molecule has 7 nitrogen and oxygen atoms in total. The van der Waals surface area contributed by atoms with E-state index in [9.17, 15) is 0 Å². The van der Waals surface area contributed by atoms with Crippen molar-refractivity contribution in [3.8, 4) is 0 Å². The van der Waals surface area contributed by atoms with Crippen molar-refractivity contribution < 1.29 is 0 Å². The third kappa shape index (κ3) is 4.50. The summed E-state index contributed by atoms with van der Waals surface area (Å²) in [7, 11) is 0. The van der Waals surface area contributed by atoms with Gasteiger partial charge >= 0.3 is 0 Å². The number of fused-ring (bicyclic) bond motifs is 2. The molecule has 0 amide bonds. The van der Waals surface area contributed by atoms with Crippen molar-refractivity contribution >= 4 is 35.2 Å². The second-order valence-corrected chi connectivity index (χ2v) is 7.55. The maximum atomic E-state index is 4.78. The van der Waals surface area contributed by atoms with Gasteiger partial charge in [-0.1, -0.05) is 36.4 Å². The highest BCUT2D eigenvalue weighted by Crippen LogP contribution is 2.30. The van der Waals surface area contributed by atoms with E-state index in [1.807, 2.05) is 71.6 Å². The number of para-hydroxylation sites is 2. The summed E-state index contributed by atoms with van der Waals surface area (Å²) in [4.78, 5) is 9.39. The fourth-order valence-corrected chi connectivity index (χ4v) is 3.79. The van der Waals surface area contributed by atoms with Crippen LogP contribution in [-0.4, -0.2) is 27.5 Å². The Hall–Kier alpha value is -3.87. The summed E-state index contributed by atoms with van der Waals surface area (Å²) in [5.41, 5.74) is 4.36. The van der Waals surface area contributed by atoms with E-state index in [2.05, 4.69) is 22.0 Å². The van der Waals surface area contributed by atoms with E-state index in [-0.39, 0.29) is 0 Å². The Morgan fingerprint density at radius 1 is 0.871 bits per heavy atom. The van der Waals surface area contributed by atoms with Crippen LogP contribution in [0, 0.1) is 0 Å². The highest BCUT2D eigenvalue weighted by molar-refractivity contribution is 5.71. The van der Waals surface area contributed by atoms with E-state index in [4.69, 9.17) is 15.1 Å². The molecule has 0 saturated carbocycles. The molecule has 7 heteroatoms. The van der Waals surface area contributed by atoms with Crippen molar-refractivity contribution in [1.29, 1.82) is 0 Å². The first-order valence-electron chi connectivity index (χ1n) is 10.7. The minimum absolute atomic E-state index is 0.566. The fourth-order valence-electron chi connectivity index (χ4n) is 3.79. The van der Waals surface area contributed by atoms with E-state index < -0.39 is 0 Å². The average Bonchev–Trinajstić information content (AvgIpc) is 3.16. The van der Waals surface area contributed by atoms with Gasteiger partial charge in [-0.2, -0.15) is 9.67 Å². The smallest absolute Gasteiger partial charge is 0.248 e. The van der Waals surface area contributed by atoms with Gasteiger partial charge in [0.2, 0.25) is 11.9 Å². The number of anilines is 4. The van der Waals surface area contributed by atoms with Crippen molar-refractivity contribution in [3.63, 3.8) is 0 Å². The van der Waals surface area contributed by atoms with Crippen LogP contribution in [0.3, 0.4) is 0 Å². The Labute approximate surface area is 181 Å². The molecule has 2 aromatic carbocycles. The van der Waals surface area contributed by atoms with Crippen LogP contribution in [0.5, 0.6) is 0 Å². The van der Waals surface area contributed by atoms with Crippen LogP contribution in [0.15, 0.2) is 83.1 Å². The first kappa shape index (κ1) is 19.1. The van der Waals surface area contributed by atoms with E-state index >= 15 is 0 Å². The lowest BCUT2D eigenvalue weighted by molar-refractivity contribution is 0.811. The summed E-state index contributed by atoms with van der Waals surface area (Å²) >= 11 is 0. The van der Waals surface area contributed by atoms with Gasteiger partial charge in [-0.3, -0.25) is 0 Å². The zero-order chi connectivity index (χ0) is 20.9. The largest absolute Gasteiger partial charge is 0.354 e. The molecule has 31 heavy (non-hydrogen) atoms. The molecule has 2 aliphatic heterocycles. The summed E-state index contributed by atoms with van der Waals surface area (Å²) in [6.45, 7) is 0.832. The molecule has 2 aliphatic rings. The minimum Gasteiger partial charge on any atom is -0.354 e. The molecule has 0 bridgehead atoms. The molecule has 0 saturated heterocycles. The minimum atomic E-state index is 0.566. The fraction of sp³-hybridized carbons (Fsp3) is 0.208. The molecule has 3 aromatic rings. The zero-order valence-electron chi connectivity index (χ0n) is 17.3. The quantitative estimate of drug-likeness (QED) is 0.546. The Morgan fingerprint density at radius 3 is 2.39 bits per heavy atom. The average molecular weight is 412 g/mol. The van der Waals surface area contributed by atoms with Crippen LogP contribution >= 0.6 is 0 Å². The Morgan fingerprint density at radius 2 is 1.61 bits per heavy atom. The number of allylic oxidation sites excluding steroid dienone is 2. The van der Waals surface area contributed by atoms with Crippen LogP contribution in [0.4, 0.5) is 23.3 Å². The van der Waals surface area contributed by atoms with Crippen molar-refractivity contribution in [2.24, 2.45) is 4.99 Å². The van der Waals surface area contributed by atoms with Gasteiger partial charge in [0.15, 0.2) is 0 Å². The van der Waals surface area contributed by atoms with Crippen molar-refractivity contribution in [3.05, 3.63) is 78.1 Å². The second kappa shape index (κ2) is 8.87. The highest BCUT2D eigenvalue weighted by Gasteiger charge is 2.20. The van der Waals surface area contributed by atoms with Crippen LogP contribution in [0.1, 0.15) is 25.7 Å². The molecule has 0 unspecified atom stereocenters. The van der Waals surface area contributed by atoms with Crippen molar-refractivity contribution in [2.45, 2.75) is 25.7 Å². The summed E-state index contributed by atoms with van der Waals surface area (Å²) < 4.78 is 1.90. The van der Waals surface area contributed by atoms with Crippen LogP contribution in [0.25, 0.3) is 5.70 Å². The second-order valence-electron chi connectivity index (χ2n) is 7.55. The molecule has 0 radical (unpaired) electrons. The molecule has 0 fully saturated rings. The lowest BCUT2D eigenvalue weighted by Crippen LogP contribution is -2.06. The standard InChI is InChI=1S/C24H25N7/c1-3-10-19(11-4-1)27-22-17-21-18(9-7-8-15-25-22)14-16-26-24-29-23(30-31(21)24)28-20-12-5-2-6-13-20/h1-6,10-13,15,17,27H,7-9,14,16H2,(H2,26,28,29,30). The zero-order valence-corrected chi connectivity index (χ0v) is 17.3. The molecule has 156 valence electrons. The highest BCUT2D eigenvalue weighted by atomic mass is 15.4. The SMILES string of the molecule is C1=NC(Nc2ccccc2)=CC2=C(CCC1)CCNc1nc(Nc3ccccc3)nn12. The first-order valence-corrected chi connectivity index (χ1v) is 10.7. The Balaban J connectivity index is 1.53. The molecule has 1 aromatic heterocycles. The van der Waals surface area contributed by atoms with Gasteiger partial charge in [0.25, 0.3) is 0 Å². The van der Waals surface area contributed by atoms with E-state index in [1.165, 1.54) is 5.57 Å². The lowest BCUT2D eigenvalue weighted by Gasteiger charge is -2.11. The number of hydrogen-bond donors (Lipinski definition) is 3. The first-order chi connectivity index (χ1) is 15.3. The summed E-state index contributed by atoms with van der Waals surface area (Å²) in [6.07, 6.45) is 8.06. The molecular weight excluding hydrogens is 386 g/mol. The predicted octanol–water partition coefficient (Wildman–Crippen LogP) is 5.26. The van der Waals surface area contributed by atoms with Crippen LogP contribution in [0.2, 0.25) is 0 Å². The summed E-state index contributed by atoms with van der Waals surface area (Å²) in [6, 6.07) is 20.1. The molecule has 0 aliphatic carbocycles. The van der Waals surface area contributed by atoms with Crippen LogP contribution < -0.4 is 16.0 Å². The number of aromatic nitrogens is 3. The van der Waals surface area contributed by atoms with Gasteiger partial charge in [-0.05, 0) is 55.5 Å². The lowest BCUT2D eigenvalue weighted by atomic mass is 10.0. The maximum absolute atomic E-state index is 4.78. The predicted molar refractivity (Wildman–Crippen MR) is 127 cm³/mol. The molecule has 0 spiro atoms. The third-order valence-corrected chi connectivity index (χ3v) is 5.30. The monoisotopic (exact) mass is 411 g/mol. The van der Waals surface area contributed by atoms with Crippen molar-refractivity contribution in [1.82, 2.24) is 14.8 Å². The normalized spacial score (nSPS) is 15.9. The van der Waals surface area contributed by atoms with Gasteiger partial charge in [0, 0.05) is 30.2 Å². The maximum Gasteiger partial charge on any atom is 0.248 e. The van der Waals surface area contributed by atoms with Gasteiger partial charge < -0.3 is 16.0 Å². The number of benzene rings is 2. The molecule has 5 rings (SSSR count). The summed E-state index contributed by atoms with van der Waals surface area (Å²) in [5.74, 6) is 2.10. The molecule has 3 heterocycles. The number of aliphatic imine (C=N–C) groups is 1. The van der Waals surface area contributed by atoms with E-state index in [1.54, 1.807) is 0 Å².